The highest BCUT2D eigenvalue weighted by Crippen LogP contribution is 2.24. The van der Waals surface area contributed by atoms with Crippen molar-refractivity contribution in [2.45, 2.75) is 23.6 Å². The number of hydrogen-bond donors (Lipinski definition) is 1. The Morgan fingerprint density at radius 2 is 1.76 bits per heavy atom. The van der Waals surface area contributed by atoms with Gasteiger partial charge in [-0.3, -0.25) is 4.79 Å². The van der Waals surface area contributed by atoms with Crippen LogP contribution >= 0.6 is 11.8 Å². The molecule has 0 atom stereocenters. The summed E-state index contributed by atoms with van der Waals surface area (Å²) in [5.74, 6) is 0.0883. The van der Waals surface area contributed by atoms with Crippen LogP contribution in [0.3, 0.4) is 0 Å². The molecule has 1 N–H and O–H groups in total. The van der Waals surface area contributed by atoms with Crippen molar-refractivity contribution in [2.75, 3.05) is 25.2 Å². The van der Waals surface area contributed by atoms with Gasteiger partial charge in [0.1, 0.15) is 0 Å². The number of thioether (sulfide) groups is 1. The van der Waals surface area contributed by atoms with Crippen molar-refractivity contribution in [1.29, 1.82) is 0 Å². The van der Waals surface area contributed by atoms with Crippen LogP contribution in [0.1, 0.15) is 11.1 Å². The molecule has 0 radical (unpaired) electrons. The van der Waals surface area contributed by atoms with Gasteiger partial charge in [-0.05, 0) is 43.2 Å². The summed E-state index contributed by atoms with van der Waals surface area (Å²) in [6.07, 6.45) is 0. The number of hydrogen-bond acceptors (Lipinski definition) is 4. The van der Waals surface area contributed by atoms with Gasteiger partial charge in [0.2, 0.25) is 15.9 Å². The molecule has 0 saturated carbocycles. The molecular formula is C18H22N2O3S2. The average molecular weight is 379 g/mol. The fraction of sp³-hybridized carbons (Fsp3) is 0.278. The Morgan fingerprint density at radius 1 is 1.08 bits per heavy atom. The second-order valence-electron chi connectivity index (χ2n) is 5.87. The molecule has 7 heteroatoms. The van der Waals surface area contributed by atoms with Gasteiger partial charge in [-0.2, -0.15) is 0 Å². The summed E-state index contributed by atoms with van der Waals surface area (Å²) in [5.41, 5.74) is 2.45. The van der Waals surface area contributed by atoms with E-state index in [1.165, 1.54) is 31.9 Å². The normalized spacial score (nSPS) is 11.6. The Hall–Kier alpha value is -1.83. The maximum absolute atomic E-state index is 12.3. The molecule has 25 heavy (non-hydrogen) atoms. The van der Waals surface area contributed by atoms with E-state index in [4.69, 9.17) is 0 Å². The van der Waals surface area contributed by atoms with Gasteiger partial charge in [0.25, 0.3) is 0 Å². The van der Waals surface area contributed by atoms with Crippen LogP contribution in [-0.4, -0.2) is 38.5 Å². The lowest BCUT2D eigenvalue weighted by molar-refractivity contribution is -0.113. The van der Waals surface area contributed by atoms with E-state index in [1.807, 2.05) is 38.1 Å². The number of rotatable bonds is 6. The van der Waals surface area contributed by atoms with Crippen molar-refractivity contribution in [3.8, 4) is 0 Å². The number of amides is 1. The van der Waals surface area contributed by atoms with E-state index in [9.17, 15) is 13.2 Å². The monoisotopic (exact) mass is 378 g/mol. The summed E-state index contributed by atoms with van der Waals surface area (Å²) >= 11 is 1.46. The van der Waals surface area contributed by atoms with Crippen molar-refractivity contribution in [2.24, 2.45) is 0 Å². The maximum Gasteiger partial charge on any atom is 0.242 e. The average Bonchev–Trinajstić information content (AvgIpc) is 2.55. The summed E-state index contributed by atoms with van der Waals surface area (Å²) in [7, 11) is -0.579. The van der Waals surface area contributed by atoms with Crippen LogP contribution in [0, 0.1) is 13.8 Å². The van der Waals surface area contributed by atoms with E-state index in [1.54, 1.807) is 12.1 Å². The Morgan fingerprint density at radius 3 is 2.40 bits per heavy atom. The van der Waals surface area contributed by atoms with E-state index < -0.39 is 10.0 Å². The molecule has 0 fully saturated rings. The molecule has 2 aromatic rings. The van der Waals surface area contributed by atoms with Crippen molar-refractivity contribution in [3.05, 3.63) is 53.6 Å². The second kappa shape index (κ2) is 8.03. The van der Waals surface area contributed by atoms with Gasteiger partial charge in [0, 0.05) is 24.7 Å². The fourth-order valence-corrected chi connectivity index (χ4v) is 3.91. The van der Waals surface area contributed by atoms with Crippen LogP contribution < -0.4 is 5.32 Å². The number of aryl methyl sites for hydroxylation is 2. The minimum atomic E-state index is -3.54. The molecule has 0 aliphatic carbocycles. The van der Waals surface area contributed by atoms with Crippen LogP contribution in [0.5, 0.6) is 0 Å². The van der Waals surface area contributed by atoms with Gasteiger partial charge >= 0.3 is 0 Å². The highest BCUT2D eigenvalue weighted by atomic mass is 32.2. The topological polar surface area (TPSA) is 66.5 Å². The lowest BCUT2D eigenvalue weighted by atomic mass is 10.2. The summed E-state index contributed by atoms with van der Waals surface area (Å²) in [6.45, 7) is 3.83. The zero-order chi connectivity index (χ0) is 18.6. The Kier molecular flexibility index (Phi) is 6.26. The minimum absolute atomic E-state index is 0.157. The Labute approximate surface area is 153 Å². The van der Waals surface area contributed by atoms with Gasteiger partial charge in [0.05, 0.1) is 10.6 Å². The number of anilines is 1. The number of carbonyl (C=O) groups is 1. The Bertz CT molecular complexity index is 878. The number of benzene rings is 2. The molecule has 0 heterocycles. The number of carbonyl (C=O) groups excluding carboxylic acids is 1. The van der Waals surface area contributed by atoms with E-state index in [0.717, 1.165) is 20.3 Å². The van der Waals surface area contributed by atoms with Crippen LogP contribution in [0.25, 0.3) is 0 Å². The first kappa shape index (κ1) is 19.5. The smallest absolute Gasteiger partial charge is 0.242 e. The Balaban J connectivity index is 2.12. The van der Waals surface area contributed by atoms with Crippen molar-refractivity contribution in [3.63, 3.8) is 0 Å². The molecule has 0 aromatic heterocycles. The largest absolute Gasteiger partial charge is 0.325 e. The van der Waals surface area contributed by atoms with E-state index >= 15 is 0 Å². The maximum atomic E-state index is 12.3. The molecule has 5 nitrogen and oxygen atoms in total. The van der Waals surface area contributed by atoms with Gasteiger partial charge in [0.15, 0.2) is 0 Å². The van der Waals surface area contributed by atoms with Gasteiger partial charge in [-0.1, -0.05) is 24.3 Å². The first-order valence-corrected chi connectivity index (χ1v) is 10.2. The van der Waals surface area contributed by atoms with E-state index in [-0.39, 0.29) is 16.6 Å². The molecular weight excluding hydrogens is 356 g/mol. The molecule has 0 spiro atoms. The van der Waals surface area contributed by atoms with E-state index in [2.05, 4.69) is 5.32 Å². The zero-order valence-corrected chi connectivity index (χ0v) is 16.4. The van der Waals surface area contributed by atoms with Crippen molar-refractivity contribution < 1.29 is 13.2 Å². The van der Waals surface area contributed by atoms with Crippen LogP contribution in [0.2, 0.25) is 0 Å². The number of sulfonamides is 1. The van der Waals surface area contributed by atoms with Crippen LogP contribution in [0.4, 0.5) is 5.69 Å². The SMILES string of the molecule is Cc1ccc(S(=O)(=O)N(C)C)cc1NC(=O)CSc1ccccc1C. The number of nitrogens with one attached hydrogen (secondary N) is 1. The number of nitrogens with zero attached hydrogens (tertiary/aromatic N) is 1. The van der Waals surface area contributed by atoms with Crippen molar-refractivity contribution in [1.82, 2.24) is 4.31 Å². The molecule has 0 unspecified atom stereocenters. The lowest BCUT2D eigenvalue weighted by Gasteiger charge is -2.14. The third kappa shape index (κ3) is 4.84. The highest BCUT2D eigenvalue weighted by Gasteiger charge is 2.18. The van der Waals surface area contributed by atoms with Gasteiger partial charge in [-0.15, -0.1) is 11.8 Å². The fourth-order valence-electron chi connectivity index (χ4n) is 2.16. The summed E-state index contributed by atoms with van der Waals surface area (Å²) in [6, 6.07) is 12.6. The first-order chi connectivity index (χ1) is 11.7. The summed E-state index contributed by atoms with van der Waals surface area (Å²) in [5, 5.41) is 2.81. The quantitative estimate of drug-likeness (QED) is 0.784. The second-order valence-corrected chi connectivity index (χ2v) is 9.04. The highest BCUT2D eigenvalue weighted by molar-refractivity contribution is 8.00. The minimum Gasteiger partial charge on any atom is -0.325 e. The summed E-state index contributed by atoms with van der Waals surface area (Å²) < 4.78 is 25.6. The van der Waals surface area contributed by atoms with Crippen LogP contribution in [-0.2, 0) is 14.8 Å². The molecule has 134 valence electrons. The predicted octanol–water partition coefficient (Wildman–Crippen LogP) is 3.28. The third-order valence-electron chi connectivity index (χ3n) is 3.71. The van der Waals surface area contributed by atoms with Crippen LogP contribution in [0.15, 0.2) is 52.3 Å². The van der Waals surface area contributed by atoms with E-state index in [0.29, 0.717) is 5.69 Å². The van der Waals surface area contributed by atoms with Gasteiger partial charge < -0.3 is 5.32 Å². The summed E-state index contributed by atoms with van der Waals surface area (Å²) in [4.78, 5) is 13.5. The molecule has 0 aliphatic rings. The zero-order valence-electron chi connectivity index (χ0n) is 14.7. The molecule has 0 bridgehead atoms. The molecule has 0 saturated heterocycles. The molecule has 2 rings (SSSR count). The molecule has 2 aromatic carbocycles. The standard InChI is InChI=1S/C18H22N2O3S2/c1-13-9-10-15(25(22,23)20(3)4)11-16(13)19-18(21)12-24-17-8-6-5-7-14(17)2/h5-11H,12H2,1-4H3,(H,19,21). The predicted molar refractivity (Wildman–Crippen MR) is 103 cm³/mol. The van der Waals surface area contributed by atoms with Crippen molar-refractivity contribution >= 4 is 33.4 Å². The lowest BCUT2D eigenvalue weighted by Crippen LogP contribution is -2.22. The molecule has 0 aliphatic heterocycles. The first-order valence-electron chi connectivity index (χ1n) is 7.73. The molecule has 1 amide bonds. The third-order valence-corrected chi connectivity index (χ3v) is 6.70. The van der Waals surface area contributed by atoms with Gasteiger partial charge in [-0.25, -0.2) is 12.7 Å².